The minimum absolute atomic E-state index is 0.310. The van der Waals surface area contributed by atoms with Gasteiger partial charge in [-0.2, -0.15) is 5.10 Å². The lowest BCUT2D eigenvalue weighted by molar-refractivity contribution is -0.122. The lowest BCUT2D eigenvalue weighted by Crippen LogP contribution is -2.26. The van der Waals surface area contributed by atoms with Gasteiger partial charge in [0, 0.05) is 30.5 Å². The Bertz CT molecular complexity index is 665. The van der Waals surface area contributed by atoms with Crippen LogP contribution in [0.25, 0.3) is 10.9 Å². The van der Waals surface area contributed by atoms with Gasteiger partial charge in [-0.15, -0.1) is 0 Å². The van der Waals surface area contributed by atoms with Crippen molar-refractivity contribution in [1.29, 1.82) is 0 Å². The van der Waals surface area contributed by atoms with Crippen LogP contribution in [0.15, 0.2) is 22.8 Å². The summed E-state index contributed by atoms with van der Waals surface area (Å²) in [4.78, 5) is 11.5. The monoisotopic (exact) mass is 336 g/mol. The molecule has 4 nitrogen and oxygen atoms in total. The normalized spacial score (nSPS) is 23.2. The Hall–Kier alpha value is -1.36. The summed E-state index contributed by atoms with van der Waals surface area (Å²) in [5.41, 5.74) is 0.925. The van der Waals surface area contributed by atoms with E-state index in [0.29, 0.717) is 30.6 Å². The molecule has 20 heavy (non-hydrogen) atoms. The first-order valence-electron chi connectivity index (χ1n) is 6.82. The molecule has 0 amide bonds. The summed E-state index contributed by atoms with van der Waals surface area (Å²) in [5, 5.41) is 5.75. The molecule has 0 saturated heterocycles. The highest BCUT2D eigenvalue weighted by Gasteiger charge is 2.28. The van der Waals surface area contributed by atoms with Crippen LogP contribution in [0, 0.1) is 5.92 Å². The molecule has 0 spiro atoms. The zero-order chi connectivity index (χ0) is 14.3. The molecule has 1 unspecified atom stereocenters. The Kier molecular flexibility index (Phi) is 3.54. The quantitative estimate of drug-likeness (QED) is 0.839. The summed E-state index contributed by atoms with van der Waals surface area (Å²) in [5.74, 6) is 1.50. The van der Waals surface area contributed by atoms with Crippen LogP contribution in [-0.2, 0) is 4.79 Å². The summed E-state index contributed by atoms with van der Waals surface area (Å²) in [7, 11) is 1.65. The molecule has 0 N–H and O–H groups in total. The minimum atomic E-state index is 0.310. The number of benzene rings is 1. The van der Waals surface area contributed by atoms with E-state index in [1.807, 2.05) is 16.8 Å². The topological polar surface area (TPSA) is 44.1 Å². The molecule has 0 bridgehead atoms. The first kappa shape index (κ1) is 13.6. The van der Waals surface area contributed by atoms with Crippen LogP contribution in [0.3, 0.4) is 0 Å². The largest absolute Gasteiger partial charge is 0.495 e. The highest BCUT2D eigenvalue weighted by Crippen LogP contribution is 2.34. The fraction of sp³-hybridized carbons (Fsp3) is 0.467. The Morgan fingerprint density at radius 3 is 2.95 bits per heavy atom. The molecule has 0 aliphatic heterocycles. The summed E-state index contributed by atoms with van der Waals surface area (Å²) < 4.78 is 8.25. The van der Waals surface area contributed by atoms with Crippen LogP contribution < -0.4 is 4.74 Å². The molecule has 1 aromatic heterocycles. The molecular formula is C15H17BrN2O2. The molecule has 2 atom stereocenters. The number of aromatic nitrogens is 2. The van der Waals surface area contributed by atoms with Crippen LogP contribution in [0.4, 0.5) is 0 Å². The predicted molar refractivity (Wildman–Crippen MR) is 81.0 cm³/mol. The van der Waals surface area contributed by atoms with E-state index < -0.39 is 0 Å². The first-order chi connectivity index (χ1) is 9.58. The van der Waals surface area contributed by atoms with Gasteiger partial charge < -0.3 is 4.74 Å². The lowest BCUT2D eigenvalue weighted by atomic mass is 9.85. The van der Waals surface area contributed by atoms with Crippen molar-refractivity contribution in [2.45, 2.75) is 32.2 Å². The average molecular weight is 337 g/mol. The van der Waals surface area contributed by atoms with Crippen molar-refractivity contribution in [2.24, 2.45) is 5.92 Å². The van der Waals surface area contributed by atoms with Gasteiger partial charge >= 0.3 is 0 Å². The zero-order valence-electron chi connectivity index (χ0n) is 11.6. The second-order valence-corrected chi connectivity index (χ2v) is 6.34. The summed E-state index contributed by atoms with van der Waals surface area (Å²) >= 11 is 3.50. The molecule has 1 aromatic carbocycles. The number of halogens is 1. The zero-order valence-corrected chi connectivity index (χ0v) is 13.2. The van der Waals surface area contributed by atoms with Crippen molar-refractivity contribution in [3.8, 4) is 5.75 Å². The van der Waals surface area contributed by atoms with Gasteiger partial charge in [0.05, 0.1) is 23.1 Å². The number of ketones is 1. The molecular weight excluding hydrogens is 320 g/mol. The number of carbonyl (C=O) groups excluding carboxylic acids is 1. The van der Waals surface area contributed by atoms with Crippen LogP contribution in [0.1, 0.15) is 32.2 Å². The maximum absolute atomic E-state index is 11.5. The molecule has 0 radical (unpaired) electrons. The summed E-state index contributed by atoms with van der Waals surface area (Å²) in [6.45, 7) is 2.13. The Morgan fingerprint density at radius 2 is 2.25 bits per heavy atom. The fourth-order valence-corrected chi connectivity index (χ4v) is 3.48. The van der Waals surface area contributed by atoms with Gasteiger partial charge in [-0.05, 0) is 34.3 Å². The lowest BCUT2D eigenvalue weighted by Gasteiger charge is -2.28. The second-order valence-electron chi connectivity index (χ2n) is 5.48. The Labute approximate surface area is 126 Å². The van der Waals surface area contributed by atoms with Gasteiger partial charge in [0.2, 0.25) is 0 Å². The Morgan fingerprint density at radius 1 is 1.45 bits per heavy atom. The van der Waals surface area contributed by atoms with E-state index in [2.05, 4.69) is 34.1 Å². The molecule has 106 valence electrons. The maximum atomic E-state index is 11.5. The van der Waals surface area contributed by atoms with Crippen molar-refractivity contribution < 1.29 is 9.53 Å². The fourth-order valence-electron chi connectivity index (χ4n) is 2.95. The van der Waals surface area contributed by atoms with E-state index in [4.69, 9.17) is 4.74 Å². The molecule has 1 aliphatic rings. The average Bonchev–Trinajstić information content (AvgIpc) is 2.79. The molecule has 5 heteroatoms. The van der Waals surface area contributed by atoms with Crippen molar-refractivity contribution >= 4 is 32.6 Å². The van der Waals surface area contributed by atoms with E-state index in [9.17, 15) is 4.79 Å². The molecule has 3 rings (SSSR count). The standard InChI is InChI=1S/C15H17BrN2O2/c1-9-5-11(19)3-4-14(9)18-8-10-6-12(16)15(20-2)7-13(10)17-18/h6-9,14H,3-5H2,1-2H3/t9-,14?/m1/s1. The van der Waals surface area contributed by atoms with Crippen molar-refractivity contribution in [3.05, 3.63) is 22.8 Å². The van der Waals surface area contributed by atoms with Crippen LogP contribution >= 0.6 is 15.9 Å². The summed E-state index contributed by atoms with van der Waals surface area (Å²) in [6.07, 6.45) is 4.27. The van der Waals surface area contributed by atoms with Crippen molar-refractivity contribution in [2.75, 3.05) is 7.11 Å². The van der Waals surface area contributed by atoms with Gasteiger partial charge in [0.1, 0.15) is 11.5 Å². The van der Waals surface area contributed by atoms with Gasteiger partial charge in [0.25, 0.3) is 0 Å². The second kappa shape index (κ2) is 5.20. The third kappa shape index (κ3) is 2.35. The predicted octanol–water partition coefficient (Wildman–Crippen LogP) is 3.74. The highest BCUT2D eigenvalue weighted by atomic mass is 79.9. The number of carbonyl (C=O) groups is 1. The Balaban J connectivity index is 1.98. The molecule has 1 aliphatic carbocycles. The third-order valence-corrected chi connectivity index (χ3v) is 4.68. The third-order valence-electron chi connectivity index (χ3n) is 4.06. The van der Waals surface area contributed by atoms with Gasteiger partial charge in [-0.3, -0.25) is 9.48 Å². The van der Waals surface area contributed by atoms with E-state index in [1.165, 1.54) is 0 Å². The van der Waals surface area contributed by atoms with Gasteiger partial charge in [-0.1, -0.05) is 6.92 Å². The number of Topliss-reactive ketones (excluding diaryl/α,β-unsaturated/α-hetero) is 1. The summed E-state index contributed by atoms with van der Waals surface area (Å²) in [6, 6.07) is 4.27. The van der Waals surface area contributed by atoms with E-state index >= 15 is 0 Å². The number of hydrogen-bond acceptors (Lipinski definition) is 3. The maximum Gasteiger partial charge on any atom is 0.135 e. The molecule has 1 saturated carbocycles. The van der Waals surface area contributed by atoms with Crippen molar-refractivity contribution in [3.63, 3.8) is 0 Å². The molecule has 1 fully saturated rings. The number of fused-ring (bicyclic) bond motifs is 1. The number of rotatable bonds is 2. The van der Waals surface area contributed by atoms with Crippen LogP contribution in [0.5, 0.6) is 5.75 Å². The number of hydrogen-bond donors (Lipinski definition) is 0. The number of nitrogens with zero attached hydrogens (tertiary/aromatic N) is 2. The van der Waals surface area contributed by atoms with Crippen LogP contribution in [-0.4, -0.2) is 22.7 Å². The molecule has 2 aromatic rings. The highest BCUT2D eigenvalue weighted by molar-refractivity contribution is 9.10. The van der Waals surface area contributed by atoms with Gasteiger partial charge in [-0.25, -0.2) is 0 Å². The van der Waals surface area contributed by atoms with Crippen LogP contribution in [0.2, 0.25) is 0 Å². The number of ether oxygens (including phenoxy) is 1. The number of methoxy groups -OCH3 is 1. The van der Waals surface area contributed by atoms with E-state index in [-0.39, 0.29) is 0 Å². The molecule has 1 heterocycles. The SMILES string of the molecule is COc1cc2nn(C3CCC(=O)C[C@H]3C)cc2cc1Br. The van der Waals surface area contributed by atoms with Gasteiger partial charge in [0.15, 0.2) is 0 Å². The van der Waals surface area contributed by atoms with E-state index in [0.717, 1.165) is 27.5 Å². The van der Waals surface area contributed by atoms with E-state index in [1.54, 1.807) is 7.11 Å². The smallest absolute Gasteiger partial charge is 0.135 e. The first-order valence-corrected chi connectivity index (χ1v) is 7.62. The minimum Gasteiger partial charge on any atom is -0.495 e. The van der Waals surface area contributed by atoms with Crippen molar-refractivity contribution in [1.82, 2.24) is 9.78 Å².